The van der Waals surface area contributed by atoms with E-state index in [1.807, 2.05) is 0 Å². The molecule has 1 aromatic carbocycles. The van der Waals surface area contributed by atoms with Crippen molar-refractivity contribution in [3.63, 3.8) is 0 Å². The smallest absolute Gasteiger partial charge is 0.366 e. The minimum atomic E-state index is -4.54. The van der Waals surface area contributed by atoms with Gasteiger partial charge in [-0.15, -0.1) is 0 Å². The summed E-state index contributed by atoms with van der Waals surface area (Å²) >= 11 is 0. The summed E-state index contributed by atoms with van der Waals surface area (Å²) in [4.78, 5) is 11.0. The summed E-state index contributed by atoms with van der Waals surface area (Å²) in [5.74, 6) is -0.755. The van der Waals surface area contributed by atoms with Crippen LogP contribution in [0.2, 0.25) is 0 Å². The third-order valence-corrected chi connectivity index (χ3v) is 2.91. The number of primary amides is 1. The van der Waals surface area contributed by atoms with Gasteiger partial charge in [0.25, 0.3) is 5.91 Å². The van der Waals surface area contributed by atoms with E-state index in [0.29, 0.717) is 12.0 Å². The highest BCUT2D eigenvalue weighted by molar-refractivity contribution is 5.92. The van der Waals surface area contributed by atoms with Crippen LogP contribution in [-0.4, -0.2) is 22.2 Å². The van der Waals surface area contributed by atoms with Crippen LogP contribution in [-0.2, 0) is 12.6 Å². The molecule has 8 heteroatoms. The molecular formula is C13H13F3N4O. The van der Waals surface area contributed by atoms with Crippen molar-refractivity contribution in [2.45, 2.75) is 12.6 Å². The zero-order valence-electron chi connectivity index (χ0n) is 10.9. The molecule has 0 saturated heterocycles. The van der Waals surface area contributed by atoms with Gasteiger partial charge in [-0.05, 0) is 30.7 Å². The summed E-state index contributed by atoms with van der Waals surface area (Å²) in [6.07, 6.45) is -1.92. The van der Waals surface area contributed by atoms with Gasteiger partial charge in [0.15, 0.2) is 0 Å². The van der Waals surface area contributed by atoms with Gasteiger partial charge in [-0.3, -0.25) is 4.79 Å². The lowest BCUT2D eigenvalue weighted by Crippen LogP contribution is -2.13. The summed E-state index contributed by atoms with van der Waals surface area (Å²) in [6.45, 7) is 0.254. The number of alkyl halides is 3. The molecule has 0 aliphatic carbocycles. The van der Waals surface area contributed by atoms with Crippen molar-refractivity contribution in [2.24, 2.45) is 11.5 Å². The van der Waals surface area contributed by atoms with Crippen molar-refractivity contribution in [3.05, 3.63) is 47.3 Å². The lowest BCUT2D eigenvalue weighted by atomic mass is 10.1. The minimum absolute atomic E-state index is 0.0363. The molecule has 0 saturated carbocycles. The molecule has 0 radical (unpaired) electrons. The van der Waals surface area contributed by atoms with E-state index in [2.05, 4.69) is 5.10 Å². The molecule has 21 heavy (non-hydrogen) atoms. The fourth-order valence-corrected chi connectivity index (χ4v) is 1.91. The minimum Gasteiger partial charge on any atom is -0.366 e. The van der Waals surface area contributed by atoms with Crippen molar-refractivity contribution in [1.82, 2.24) is 9.78 Å². The highest BCUT2D eigenvalue weighted by Crippen LogP contribution is 2.34. The Hall–Kier alpha value is -2.35. The molecule has 5 nitrogen and oxygen atoms in total. The zero-order valence-corrected chi connectivity index (χ0v) is 10.9. The predicted octanol–water partition coefficient (Wildman–Crippen LogP) is 1.49. The summed E-state index contributed by atoms with van der Waals surface area (Å²) in [5, 5.41) is 3.75. The van der Waals surface area contributed by atoms with Gasteiger partial charge in [-0.2, -0.15) is 18.3 Å². The Morgan fingerprint density at radius 3 is 2.57 bits per heavy atom. The average molecular weight is 298 g/mol. The highest BCUT2D eigenvalue weighted by atomic mass is 19.4. The first-order chi connectivity index (χ1) is 9.82. The van der Waals surface area contributed by atoms with Crippen LogP contribution in [0.3, 0.4) is 0 Å². The molecule has 0 fully saturated rings. The highest BCUT2D eigenvalue weighted by Gasteiger charge is 2.34. The zero-order chi connectivity index (χ0) is 15.6. The molecule has 0 aliphatic rings. The first-order valence-corrected chi connectivity index (χ1v) is 6.08. The SMILES string of the molecule is NCCc1ccc(-n2cc(C(N)=O)cn2)c(C(F)(F)F)c1. The maximum atomic E-state index is 13.2. The van der Waals surface area contributed by atoms with E-state index in [-0.39, 0.29) is 17.8 Å². The monoisotopic (exact) mass is 298 g/mol. The number of aromatic nitrogens is 2. The van der Waals surface area contributed by atoms with Gasteiger partial charge in [-0.1, -0.05) is 6.07 Å². The molecule has 0 unspecified atom stereocenters. The van der Waals surface area contributed by atoms with Gasteiger partial charge < -0.3 is 11.5 Å². The molecule has 4 N–H and O–H groups in total. The number of amides is 1. The average Bonchev–Trinajstić information content (AvgIpc) is 2.87. The van der Waals surface area contributed by atoms with Crippen LogP contribution in [0.25, 0.3) is 5.69 Å². The van der Waals surface area contributed by atoms with Crippen LogP contribution in [0.1, 0.15) is 21.5 Å². The number of carbonyl (C=O) groups is 1. The lowest BCUT2D eigenvalue weighted by Gasteiger charge is -2.14. The number of nitrogens with zero attached hydrogens (tertiary/aromatic N) is 2. The topological polar surface area (TPSA) is 86.9 Å². The van der Waals surface area contributed by atoms with Gasteiger partial charge in [0.2, 0.25) is 0 Å². The molecule has 2 aromatic rings. The van der Waals surface area contributed by atoms with E-state index in [0.717, 1.165) is 23.1 Å². The van der Waals surface area contributed by atoms with E-state index in [9.17, 15) is 18.0 Å². The Kier molecular flexibility index (Phi) is 3.99. The number of nitrogens with two attached hydrogens (primary N) is 2. The second kappa shape index (κ2) is 5.57. The van der Waals surface area contributed by atoms with Crippen LogP contribution in [0.5, 0.6) is 0 Å². The molecule has 112 valence electrons. The molecule has 0 spiro atoms. The molecule has 1 aromatic heterocycles. The van der Waals surface area contributed by atoms with Crippen LogP contribution >= 0.6 is 0 Å². The second-order valence-corrected chi connectivity index (χ2v) is 4.43. The molecule has 0 aliphatic heterocycles. The first-order valence-electron chi connectivity index (χ1n) is 6.08. The normalized spacial score (nSPS) is 11.6. The number of hydrogen-bond donors (Lipinski definition) is 2. The number of benzene rings is 1. The quantitative estimate of drug-likeness (QED) is 0.896. The second-order valence-electron chi connectivity index (χ2n) is 4.43. The Balaban J connectivity index is 2.53. The third-order valence-electron chi connectivity index (χ3n) is 2.91. The van der Waals surface area contributed by atoms with Gasteiger partial charge in [-0.25, -0.2) is 4.68 Å². The summed E-state index contributed by atoms with van der Waals surface area (Å²) in [5.41, 5.74) is 9.93. The van der Waals surface area contributed by atoms with E-state index in [4.69, 9.17) is 11.5 Å². The van der Waals surface area contributed by atoms with Crippen molar-refractivity contribution < 1.29 is 18.0 Å². The van der Waals surface area contributed by atoms with Crippen molar-refractivity contribution in [1.29, 1.82) is 0 Å². The summed E-state index contributed by atoms with van der Waals surface area (Å²) in [7, 11) is 0. The van der Waals surface area contributed by atoms with Crippen LogP contribution in [0, 0.1) is 0 Å². The van der Waals surface area contributed by atoms with E-state index in [1.165, 1.54) is 6.07 Å². The van der Waals surface area contributed by atoms with Crippen molar-refractivity contribution >= 4 is 5.91 Å². The molecule has 0 atom stereocenters. The lowest BCUT2D eigenvalue weighted by molar-refractivity contribution is -0.137. The van der Waals surface area contributed by atoms with Gasteiger partial charge in [0.05, 0.1) is 23.0 Å². The van der Waals surface area contributed by atoms with Gasteiger partial charge in [0.1, 0.15) is 0 Å². The predicted molar refractivity (Wildman–Crippen MR) is 69.8 cm³/mol. The number of carbonyl (C=O) groups excluding carboxylic acids is 1. The van der Waals surface area contributed by atoms with Crippen molar-refractivity contribution in [3.8, 4) is 5.69 Å². The molecule has 2 rings (SSSR count). The molecule has 0 bridgehead atoms. The summed E-state index contributed by atoms with van der Waals surface area (Å²) < 4.78 is 40.4. The van der Waals surface area contributed by atoms with Gasteiger partial charge >= 0.3 is 6.18 Å². The Bertz CT molecular complexity index is 664. The number of rotatable bonds is 4. The van der Waals surface area contributed by atoms with Crippen molar-refractivity contribution in [2.75, 3.05) is 6.54 Å². The Labute approximate surface area is 118 Å². The van der Waals surface area contributed by atoms with E-state index < -0.39 is 17.6 Å². The molecular weight excluding hydrogens is 285 g/mol. The maximum absolute atomic E-state index is 13.2. The first kappa shape index (κ1) is 15.0. The Morgan fingerprint density at radius 2 is 2.05 bits per heavy atom. The fourth-order valence-electron chi connectivity index (χ4n) is 1.91. The fraction of sp³-hybridized carbons (Fsp3) is 0.231. The van der Waals surface area contributed by atoms with Crippen LogP contribution in [0.15, 0.2) is 30.6 Å². The third kappa shape index (κ3) is 3.22. The van der Waals surface area contributed by atoms with Crippen LogP contribution in [0.4, 0.5) is 13.2 Å². The number of halogens is 3. The maximum Gasteiger partial charge on any atom is 0.418 e. The van der Waals surface area contributed by atoms with Crippen LogP contribution < -0.4 is 11.5 Å². The summed E-state index contributed by atoms with van der Waals surface area (Å²) in [6, 6.07) is 3.88. The largest absolute Gasteiger partial charge is 0.418 e. The molecule has 1 amide bonds. The van der Waals surface area contributed by atoms with Gasteiger partial charge in [0, 0.05) is 6.20 Å². The van der Waals surface area contributed by atoms with E-state index >= 15 is 0 Å². The molecule has 1 heterocycles. The standard InChI is InChI=1S/C13H13F3N4O/c14-13(15,16)10-5-8(3-4-17)1-2-11(10)20-7-9(6-19-20)12(18)21/h1-2,5-7H,3-4,17H2,(H2,18,21). The van der Waals surface area contributed by atoms with E-state index in [1.54, 1.807) is 6.07 Å². The number of hydrogen-bond acceptors (Lipinski definition) is 3. The Morgan fingerprint density at radius 1 is 1.33 bits per heavy atom.